The fourth-order valence-electron chi connectivity index (χ4n) is 13.4. The van der Waals surface area contributed by atoms with Crippen LogP contribution in [0.25, 0.3) is 0 Å². The van der Waals surface area contributed by atoms with Crippen molar-refractivity contribution in [2.45, 2.75) is 163 Å². The van der Waals surface area contributed by atoms with E-state index in [1.165, 1.54) is 32.4 Å². The van der Waals surface area contributed by atoms with Crippen LogP contribution < -0.4 is 32.7 Å². The number of ether oxygens (including phenoxy) is 6. The van der Waals surface area contributed by atoms with Crippen molar-refractivity contribution in [2.24, 2.45) is 39.2 Å². The molecule has 1 aromatic rings. The Balaban J connectivity index is 0.928. The standard InChI is InChI=1S/C70H110N12O18S2/c1-95-67(92)49(38-55(85)15-9-11-19-60-65-53(43-101-60)40-62(71)77-65)13-5-3-7-17-58(87)51-35-52(59(88)18-8-4-6-14-50(68(93)96-2)39-56(86)16-10-12-20-61-66-57(44-102-61)76-69(72)78-66)37-54(36-51)75-70(94)74-22-32-98-34-33-97-31-21-73-63(89)41-79-23-24-80(42-64(90)91)26-28-82(46-100-48-84)30-29-81(27-25-79)45-99-47-83/h35-37,47-50,53,57,60-61,65-66H,3-34,38-46H2,1-2H3,(H2,71,77)(H,73,89)(H,90,91)(H3,72,76,78)(H2,74,75,94)/t49-,50-,53+,57+,60+,61+,65+,66+/m1/s1. The van der Waals surface area contributed by atoms with Gasteiger partial charge in [-0.1, -0.05) is 38.5 Å². The van der Waals surface area contributed by atoms with Gasteiger partial charge in [-0.15, -0.1) is 0 Å². The van der Waals surface area contributed by atoms with Gasteiger partial charge in [0.15, 0.2) is 17.5 Å². The molecule has 6 rings (SSSR count). The van der Waals surface area contributed by atoms with Crippen molar-refractivity contribution in [3.05, 3.63) is 29.3 Å². The van der Waals surface area contributed by atoms with Crippen LogP contribution in [-0.2, 0) is 66.8 Å². The summed E-state index contributed by atoms with van der Waals surface area (Å²) in [5.41, 5.74) is 12.6. The number of nitrogens with zero attached hydrogens (tertiary/aromatic N) is 6. The van der Waals surface area contributed by atoms with Gasteiger partial charge < -0.3 is 66.3 Å². The summed E-state index contributed by atoms with van der Waals surface area (Å²) < 4.78 is 31.5. The van der Waals surface area contributed by atoms with Gasteiger partial charge in [0.2, 0.25) is 5.91 Å². The number of anilines is 1. The van der Waals surface area contributed by atoms with Gasteiger partial charge in [0.1, 0.15) is 25.0 Å². The molecule has 0 unspecified atom stereocenters. The number of fused-ring (bicyclic) bond motifs is 2. The number of nitrogens with two attached hydrogens (primary N) is 2. The highest BCUT2D eigenvalue weighted by molar-refractivity contribution is 8.00. The third-order valence-electron chi connectivity index (χ3n) is 19.0. The molecule has 3 fully saturated rings. The second-order valence-corrected chi connectivity index (χ2v) is 29.3. The molecule has 32 heteroatoms. The van der Waals surface area contributed by atoms with Crippen molar-refractivity contribution in [1.82, 2.24) is 35.6 Å². The average Bonchev–Trinajstić information content (AvgIpc) is 1.65. The van der Waals surface area contributed by atoms with Crippen molar-refractivity contribution < 1.29 is 86.3 Å². The first-order chi connectivity index (χ1) is 49.3. The summed E-state index contributed by atoms with van der Waals surface area (Å²) >= 11 is 3.82. The molecule has 3 saturated heterocycles. The molecule has 570 valence electrons. The number of carbonyl (C=O) groups is 11. The van der Waals surface area contributed by atoms with Crippen LogP contribution in [-0.4, -0.2) is 275 Å². The van der Waals surface area contributed by atoms with Crippen molar-refractivity contribution in [1.29, 1.82) is 0 Å². The van der Waals surface area contributed by atoms with Crippen LogP contribution in [0.4, 0.5) is 10.5 Å². The smallest absolute Gasteiger partial charge is 0.319 e. The molecule has 5 heterocycles. The quantitative estimate of drug-likeness (QED) is 0.0159. The lowest BCUT2D eigenvalue weighted by atomic mass is 9.92. The number of methoxy groups -OCH3 is 2. The summed E-state index contributed by atoms with van der Waals surface area (Å²) in [6.07, 6.45) is 11.2. The molecule has 0 aliphatic carbocycles. The molecule has 30 nitrogen and oxygen atoms in total. The number of benzene rings is 1. The predicted octanol–water partition coefficient (Wildman–Crippen LogP) is 4.04. The van der Waals surface area contributed by atoms with Crippen LogP contribution in [0.15, 0.2) is 28.2 Å². The number of amides is 3. The SMILES string of the molecule is COC(=O)[C@H](CCCCCC(=O)c1cc(NC(=O)NCCOCCOCCNC(=O)CN2CCN(COC=O)CCN(COC=O)CCN(CC(=O)O)CC2)cc(C(=O)CCCCC[C@H](CC(=O)CCCC[C@@H]2SC[C@@H]3NC(N)=N[C@@H]32)C(=O)OC)c1)CC(=O)CCCC[C@@H]1SC[C@@H]2CC(N)=N[C@@H]21. The second-order valence-electron chi connectivity index (χ2n) is 26.8. The first kappa shape index (κ1) is 84.1. The monoisotopic (exact) mass is 1470 g/mol. The number of nitrogens with one attached hydrogen (secondary N) is 4. The number of carbonyl (C=O) groups excluding carboxylic acids is 10. The molecule has 0 bridgehead atoms. The summed E-state index contributed by atoms with van der Waals surface area (Å²) in [6, 6.07) is 4.68. The first-order valence-corrected chi connectivity index (χ1v) is 38.2. The lowest BCUT2D eigenvalue weighted by Crippen LogP contribution is -2.49. The van der Waals surface area contributed by atoms with Crippen LogP contribution in [0, 0.1) is 17.8 Å². The highest BCUT2D eigenvalue weighted by Crippen LogP contribution is 2.42. The van der Waals surface area contributed by atoms with E-state index in [9.17, 15) is 57.8 Å². The summed E-state index contributed by atoms with van der Waals surface area (Å²) in [6.45, 7) is 4.71. The molecule has 5 aliphatic rings. The van der Waals surface area contributed by atoms with E-state index < -0.39 is 35.8 Å². The molecule has 0 radical (unpaired) electrons. The van der Waals surface area contributed by atoms with E-state index in [4.69, 9.17) is 39.9 Å². The number of hydrogen-bond acceptors (Lipinski definition) is 28. The number of esters is 2. The number of carboxylic acid groups (broad SMARTS) is 1. The number of urea groups is 1. The van der Waals surface area contributed by atoms with Gasteiger partial charge in [0, 0.05) is 143 Å². The number of carboxylic acids is 1. The Morgan fingerprint density at radius 2 is 1.09 bits per heavy atom. The van der Waals surface area contributed by atoms with Gasteiger partial charge >= 0.3 is 23.9 Å². The van der Waals surface area contributed by atoms with E-state index in [0.29, 0.717) is 158 Å². The molecule has 9 N–H and O–H groups in total. The van der Waals surface area contributed by atoms with Crippen LogP contribution in [0.5, 0.6) is 0 Å². The number of thioether (sulfide) groups is 2. The highest BCUT2D eigenvalue weighted by Gasteiger charge is 2.41. The molecule has 0 saturated carbocycles. The number of unbranched alkanes of at least 4 members (excludes halogenated alkanes) is 6. The molecule has 3 amide bonds. The van der Waals surface area contributed by atoms with Crippen LogP contribution in [0.2, 0.25) is 0 Å². The molecule has 8 atom stereocenters. The zero-order valence-electron chi connectivity index (χ0n) is 59.5. The number of rotatable bonds is 50. The molecule has 0 aromatic heterocycles. The minimum absolute atomic E-state index is 0.00505. The summed E-state index contributed by atoms with van der Waals surface area (Å²) in [7, 11) is 2.62. The minimum Gasteiger partial charge on any atom is -0.480 e. The Bertz CT molecular complexity index is 2810. The Labute approximate surface area is 607 Å². The third-order valence-corrected chi connectivity index (χ3v) is 22.1. The zero-order valence-corrected chi connectivity index (χ0v) is 61.2. The fraction of sp³-hybridized carbons (Fsp3) is 0.729. The Hall–Kier alpha value is -6.81. The van der Waals surface area contributed by atoms with Gasteiger partial charge in [-0.3, -0.25) is 72.5 Å². The molecular weight excluding hydrogens is 1360 g/mol. The van der Waals surface area contributed by atoms with Crippen LogP contribution in [0.1, 0.15) is 156 Å². The lowest BCUT2D eigenvalue weighted by molar-refractivity contribution is -0.148. The first-order valence-electron chi connectivity index (χ1n) is 36.1. The number of hydrogen-bond donors (Lipinski definition) is 7. The molecule has 5 aliphatic heterocycles. The Kier molecular flexibility index (Phi) is 39.2. The lowest BCUT2D eigenvalue weighted by Gasteiger charge is -2.33. The van der Waals surface area contributed by atoms with Gasteiger partial charge in [0.05, 0.1) is 89.5 Å². The van der Waals surface area contributed by atoms with Gasteiger partial charge in [-0.25, -0.2) is 9.79 Å². The number of Topliss-reactive ketones (excluding diaryl/α,β-unsaturated/α-hetero) is 4. The Morgan fingerprint density at radius 3 is 1.61 bits per heavy atom. The largest absolute Gasteiger partial charge is 0.480 e. The van der Waals surface area contributed by atoms with E-state index in [1.807, 2.05) is 38.2 Å². The third kappa shape index (κ3) is 31.7. The molecule has 1 aromatic carbocycles. The maximum atomic E-state index is 13.9. The number of amidine groups is 1. The topological polar surface area (TPSA) is 401 Å². The predicted molar refractivity (Wildman–Crippen MR) is 386 cm³/mol. The zero-order chi connectivity index (χ0) is 73.4. The maximum Gasteiger partial charge on any atom is 0.319 e. The van der Waals surface area contributed by atoms with E-state index in [-0.39, 0.29) is 156 Å². The Morgan fingerprint density at radius 1 is 0.598 bits per heavy atom. The maximum absolute atomic E-state index is 13.9. The summed E-state index contributed by atoms with van der Waals surface area (Å²) in [5, 5.41) is 21.9. The van der Waals surface area contributed by atoms with Crippen molar-refractivity contribution in [3.63, 3.8) is 0 Å². The van der Waals surface area contributed by atoms with Gasteiger partial charge in [-0.2, -0.15) is 23.5 Å². The van der Waals surface area contributed by atoms with E-state index in [0.717, 1.165) is 55.9 Å². The summed E-state index contributed by atoms with van der Waals surface area (Å²) in [5.74, 6) is -0.0669. The number of aliphatic imine (C=N–C) groups is 2. The van der Waals surface area contributed by atoms with E-state index in [2.05, 4.69) is 31.3 Å². The van der Waals surface area contributed by atoms with E-state index >= 15 is 0 Å². The number of ketones is 4. The highest BCUT2D eigenvalue weighted by atomic mass is 32.2. The van der Waals surface area contributed by atoms with Crippen molar-refractivity contribution in [2.75, 3.05) is 149 Å². The minimum atomic E-state index is -1.000. The molecule has 0 spiro atoms. The normalized spacial score (nSPS) is 20.9. The fourth-order valence-corrected chi connectivity index (χ4v) is 16.6. The van der Waals surface area contributed by atoms with Crippen molar-refractivity contribution in [3.8, 4) is 0 Å². The molecular formula is C70H110N12O18S2. The van der Waals surface area contributed by atoms with Crippen LogP contribution in [0.3, 0.4) is 0 Å². The van der Waals surface area contributed by atoms with Gasteiger partial charge in [0.25, 0.3) is 12.9 Å². The van der Waals surface area contributed by atoms with Gasteiger partial charge in [-0.05, 0) is 81.2 Å². The number of guanidine groups is 1. The number of aliphatic carboxylic acids is 1. The second kappa shape index (κ2) is 47.5. The summed E-state index contributed by atoms with van der Waals surface area (Å²) in [4.78, 5) is 156. The molecule has 102 heavy (non-hydrogen) atoms. The van der Waals surface area contributed by atoms with E-state index in [1.54, 1.807) is 4.90 Å². The van der Waals surface area contributed by atoms with Crippen LogP contribution >= 0.6 is 23.5 Å². The average molecular weight is 1470 g/mol. The van der Waals surface area contributed by atoms with Crippen molar-refractivity contribution >= 4 is 107 Å².